The Hall–Kier alpha value is -0.790. The molecule has 0 saturated heterocycles. The van der Waals surface area contributed by atoms with Gasteiger partial charge in [-0.15, -0.1) is 0 Å². The van der Waals surface area contributed by atoms with E-state index in [1.54, 1.807) is 0 Å². The van der Waals surface area contributed by atoms with Gasteiger partial charge in [-0.25, -0.2) is 0 Å². The van der Waals surface area contributed by atoms with Crippen LogP contribution in [0.5, 0.6) is 0 Å². The Labute approximate surface area is 80.3 Å². The topological polar surface area (TPSA) is 26.0 Å². The van der Waals surface area contributed by atoms with E-state index in [0.29, 0.717) is 5.92 Å². The summed E-state index contributed by atoms with van der Waals surface area (Å²) < 4.78 is 5.16. The van der Waals surface area contributed by atoms with Crippen LogP contribution in [0.25, 0.3) is 0 Å². The van der Waals surface area contributed by atoms with Gasteiger partial charge in [-0.1, -0.05) is 32.9 Å². The molecule has 2 heteroatoms. The van der Waals surface area contributed by atoms with Gasteiger partial charge >= 0.3 is 0 Å². The molecule has 0 saturated carbocycles. The van der Waals surface area contributed by atoms with E-state index in [-0.39, 0.29) is 5.41 Å². The second kappa shape index (κ2) is 3.17. The van der Waals surface area contributed by atoms with E-state index in [2.05, 4.69) is 32.9 Å². The van der Waals surface area contributed by atoms with Crippen molar-refractivity contribution in [2.75, 3.05) is 0 Å². The van der Waals surface area contributed by atoms with Crippen molar-refractivity contribution in [3.63, 3.8) is 0 Å². The number of aryl methyl sites for hydroxylation is 2. The lowest BCUT2D eigenvalue weighted by molar-refractivity contribution is 0.332. The maximum Gasteiger partial charge on any atom is 0.137 e. The van der Waals surface area contributed by atoms with Gasteiger partial charge in [0.05, 0.1) is 5.69 Å². The highest BCUT2D eigenvalue weighted by atomic mass is 16.5. The second-order valence-corrected chi connectivity index (χ2v) is 4.83. The molecule has 1 atom stereocenters. The van der Waals surface area contributed by atoms with E-state index in [9.17, 15) is 0 Å². The molecule has 2 nitrogen and oxygen atoms in total. The van der Waals surface area contributed by atoms with Crippen LogP contribution in [0.4, 0.5) is 0 Å². The zero-order valence-corrected chi connectivity index (χ0v) is 9.43. The summed E-state index contributed by atoms with van der Waals surface area (Å²) in [4.78, 5) is 0. The molecule has 0 spiro atoms. The maximum atomic E-state index is 5.16. The third-order valence-electron chi connectivity index (χ3n) is 2.82. The molecule has 0 aliphatic rings. The summed E-state index contributed by atoms with van der Waals surface area (Å²) in [5.41, 5.74) is 2.56. The van der Waals surface area contributed by atoms with Gasteiger partial charge in [-0.3, -0.25) is 0 Å². The maximum absolute atomic E-state index is 5.16. The van der Waals surface area contributed by atoms with Crippen LogP contribution in [0.1, 0.15) is 50.6 Å². The zero-order valence-electron chi connectivity index (χ0n) is 9.43. The summed E-state index contributed by atoms with van der Waals surface area (Å²) in [6, 6.07) is 0. The zero-order chi connectivity index (χ0) is 10.2. The number of aromatic nitrogens is 1. The van der Waals surface area contributed by atoms with Crippen LogP contribution in [0, 0.1) is 19.3 Å². The SMILES string of the molecule is Cc1noc(C)c1C(C)C(C)(C)C. The third kappa shape index (κ3) is 1.93. The first-order chi connectivity index (χ1) is 5.84. The van der Waals surface area contributed by atoms with Gasteiger partial charge in [-0.2, -0.15) is 0 Å². The Balaban J connectivity index is 3.08. The van der Waals surface area contributed by atoms with Crippen molar-refractivity contribution in [2.45, 2.75) is 47.5 Å². The molecule has 0 bridgehead atoms. The molecule has 1 rings (SSSR count). The van der Waals surface area contributed by atoms with E-state index < -0.39 is 0 Å². The van der Waals surface area contributed by atoms with Gasteiger partial charge in [0.25, 0.3) is 0 Å². The molecule has 0 radical (unpaired) electrons. The highest BCUT2D eigenvalue weighted by molar-refractivity contribution is 5.26. The lowest BCUT2D eigenvalue weighted by atomic mass is 9.77. The second-order valence-electron chi connectivity index (χ2n) is 4.83. The van der Waals surface area contributed by atoms with Crippen molar-refractivity contribution in [3.8, 4) is 0 Å². The van der Waals surface area contributed by atoms with Crippen molar-refractivity contribution < 1.29 is 4.52 Å². The van der Waals surface area contributed by atoms with Crippen LogP contribution in [0.2, 0.25) is 0 Å². The number of hydrogen-bond donors (Lipinski definition) is 0. The Bertz CT molecular complexity index is 274. The van der Waals surface area contributed by atoms with Gasteiger partial charge < -0.3 is 4.52 Å². The van der Waals surface area contributed by atoms with Crippen molar-refractivity contribution in [3.05, 3.63) is 17.0 Å². The average molecular weight is 181 g/mol. The van der Waals surface area contributed by atoms with Crippen LogP contribution >= 0.6 is 0 Å². The van der Waals surface area contributed by atoms with Crippen LogP contribution in [0.15, 0.2) is 4.52 Å². The van der Waals surface area contributed by atoms with Crippen molar-refractivity contribution in [1.29, 1.82) is 0 Å². The van der Waals surface area contributed by atoms with Gasteiger partial charge in [0.1, 0.15) is 5.76 Å². The number of hydrogen-bond acceptors (Lipinski definition) is 2. The highest BCUT2D eigenvalue weighted by Crippen LogP contribution is 2.37. The minimum Gasteiger partial charge on any atom is -0.361 e. The molecule has 74 valence electrons. The predicted molar refractivity (Wildman–Crippen MR) is 53.8 cm³/mol. The fourth-order valence-corrected chi connectivity index (χ4v) is 1.54. The van der Waals surface area contributed by atoms with Crippen molar-refractivity contribution >= 4 is 0 Å². The van der Waals surface area contributed by atoms with Gasteiger partial charge in [0, 0.05) is 5.56 Å². The molecular weight excluding hydrogens is 162 g/mol. The first-order valence-corrected chi connectivity index (χ1v) is 4.77. The van der Waals surface area contributed by atoms with Crippen LogP contribution < -0.4 is 0 Å². The Kier molecular flexibility index (Phi) is 2.51. The Morgan fingerprint density at radius 1 is 1.23 bits per heavy atom. The minimum absolute atomic E-state index is 0.265. The molecule has 0 fully saturated rings. The first-order valence-electron chi connectivity index (χ1n) is 4.77. The van der Waals surface area contributed by atoms with Gasteiger partial charge in [-0.05, 0) is 25.2 Å². The summed E-state index contributed by atoms with van der Waals surface area (Å²) in [5, 5.41) is 3.98. The lowest BCUT2D eigenvalue weighted by Crippen LogP contribution is -2.16. The van der Waals surface area contributed by atoms with Crippen molar-refractivity contribution in [1.82, 2.24) is 5.16 Å². The molecule has 1 aromatic rings. The first kappa shape index (κ1) is 10.3. The summed E-state index contributed by atoms with van der Waals surface area (Å²) in [6.07, 6.45) is 0. The molecular formula is C11H19NO. The summed E-state index contributed by atoms with van der Waals surface area (Å²) in [7, 11) is 0. The van der Waals surface area contributed by atoms with E-state index in [1.165, 1.54) is 5.56 Å². The predicted octanol–water partition coefficient (Wildman–Crippen LogP) is 3.44. The Morgan fingerprint density at radius 2 is 1.77 bits per heavy atom. The smallest absolute Gasteiger partial charge is 0.137 e. The summed E-state index contributed by atoms with van der Waals surface area (Å²) >= 11 is 0. The Morgan fingerprint density at radius 3 is 2.08 bits per heavy atom. The molecule has 13 heavy (non-hydrogen) atoms. The van der Waals surface area contributed by atoms with Crippen LogP contribution in [-0.4, -0.2) is 5.16 Å². The molecule has 0 amide bonds. The average Bonchev–Trinajstić information content (AvgIpc) is 2.28. The molecule has 0 aliphatic heterocycles. The molecule has 0 N–H and O–H groups in total. The van der Waals surface area contributed by atoms with Gasteiger partial charge in [0.2, 0.25) is 0 Å². The van der Waals surface area contributed by atoms with E-state index in [1.807, 2.05) is 13.8 Å². The van der Waals surface area contributed by atoms with E-state index in [4.69, 9.17) is 4.52 Å². The lowest BCUT2D eigenvalue weighted by Gasteiger charge is -2.27. The molecule has 0 aliphatic carbocycles. The standard InChI is InChI=1S/C11H19NO/c1-7(11(4,5)6)10-8(2)12-13-9(10)3/h7H,1-6H3. The van der Waals surface area contributed by atoms with E-state index in [0.717, 1.165) is 11.5 Å². The van der Waals surface area contributed by atoms with E-state index >= 15 is 0 Å². The molecule has 1 aromatic heterocycles. The summed E-state index contributed by atoms with van der Waals surface area (Å²) in [6.45, 7) is 12.9. The minimum atomic E-state index is 0.265. The fourth-order valence-electron chi connectivity index (χ4n) is 1.54. The normalized spacial score (nSPS) is 14.6. The van der Waals surface area contributed by atoms with Crippen LogP contribution in [0.3, 0.4) is 0 Å². The van der Waals surface area contributed by atoms with Crippen molar-refractivity contribution in [2.24, 2.45) is 5.41 Å². The monoisotopic (exact) mass is 181 g/mol. The third-order valence-corrected chi connectivity index (χ3v) is 2.82. The molecule has 1 unspecified atom stereocenters. The number of rotatable bonds is 1. The summed E-state index contributed by atoms with van der Waals surface area (Å²) in [5.74, 6) is 1.44. The highest BCUT2D eigenvalue weighted by Gasteiger charge is 2.26. The largest absolute Gasteiger partial charge is 0.361 e. The quantitative estimate of drug-likeness (QED) is 0.663. The number of nitrogens with zero attached hydrogens (tertiary/aromatic N) is 1. The fraction of sp³-hybridized carbons (Fsp3) is 0.727. The van der Waals surface area contributed by atoms with Crippen LogP contribution in [-0.2, 0) is 0 Å². The molecule has 1 heterocycles. The molecule has 0 aromatic carbocycles. The van der Waals surface area contributed by atoms with Gasteiger partial charge in [0.15, 0.2) is 0 Å².